The van der Waals surface area contributed by atoms with E-state index >= 15 is 0 Å². The molecular formula is C28H31N3O3S. The number of carbonyl (C=O) groups is 3. The molecule has 182 valence electrons. The monoisotopic (exact) mass is 489 g/mol. The molecule has 0 saturated carbocycles. The SMILES string of the molecule is Cc1ncsc1-c1ccc(CNC(=O)C2CC(C)CN2C(=O)C(C)CC(=O)c2ccccc2)cc1. The molecule has 3 unspecified atom stereocenters. The zero-order chi connectivity index (χ0) is 24.9. The second-order valence-electron chi connectivity index (χ2n) is 9.42. The van der Waals surface area contributed by atoms with E-state index in [1.807, 2.05) is 61.8 Å². The highest BCUT2D eigenvalue weighted by molar-refractivity contribution is 7.13. The van der Waals surface area contributed by atoms with Gasteiger partial charge < -0.3 is 10.2 Å². The molecule has 0 radical (unpaired) electrons. The maximum atomic E-state index is 13.2. The van der Waals surface area contributed by atoms with E-state index < -0.39 is 12.0 Å². The number of Topliss-reactive ketones (excluding diaryl/α,β-unsaturated/α-hetero) is 1. The van der Waals surface area contributed by atoms with Crippen molar-refractivity contribution in [1.82, 2.24) is 15.2 Å². The zero-order valence-corrected chi connectivity index (χ0v) is 21.2. The zero-order valence-electron chi connectivity index (χ0n) is 20.4. The highest BCUT2D eigenvalue weighted by atomic mass is 32.1. The van der Waals surface area contributed by atoms with Gasteiger partial charge in [-0.25, -0.2) is 4.98 Å². The smallest absolute Gasteiger partial charge is 0.243 e. The molecule has 1 saturated heterocycles. The van der Waals surface area contributed by atoms with Crippen molar-refractivity contribution in [2.45, 2.75) is 46.2 Å². The predicted octanol–water partition coefficient (Wildman–Crippen LogP) is 4.88. The molecule has 1 aliphatic heterocycles. The highest BCUT2D eigenvalue weighted by Crippen LogP contribution is 2.28. The Kier molecular flexibility index (Phi) is 7.76. The second-order valence-corrected chi connectivity index (χ2v) is 10.3. The van der Waals surface area contributed by atoms with Gasteiger partial charge in [-0.05, 0) is 30.4 Å². The predicted molar refractivity (Wildman–Crippen MR) is 138 cm³/mol. The molecule has 1 aromatic heterocycles. The van der Waals surface area contributed by atoms with Crippen LogP contribution in [0.25, 0.3) is 10.4 Å². The number of nitrogens with zero attached hydrogens (tertiary/aromatic N) is 2. The number of amides is 2. The number of aryl methyl sites for hydroxylation is 1. The molecular weight excluding hydrogens is 458 g/mol. The Morgan fingerprint density at radius 3 is 2.49 bits per heavy atom. The molecule has 0 aliphatic carbocycles. The van der Waals surface area contributed by atoms with Gasteiger partial charge in [0.05, 0.1) is 16.1 Å². The van der Waals surface area contributed by atoms with Gasteiger partial charge in [-0.3, -0.25) is 14.4 Å². The van der Waals surface area contributed by atoms with Gasteiger partial charge in [0.15, 0.2) is 5.78 Å². The maximum absolute atomic E-state index is 13.2. The first-order chi connectivity index (χ1) is 16.8. The summed E-state index contributed by atoms with van der Waals surface area (Å²) < 4.78 is 0. The van der Waals surface area contributed by atoms with E-state index in [9.17, 15) is 14.4 Å². The average Bonchev–Trinajstić information content (AvgIpc) is 3.48. The van der Waals surface area contributed by atoms with E-state index in [1.165, 1.54) is 0 Å². The third-order valence-electron chi connectivity index (χ3n) is 6.53. The fourth-order valence-corrected chi connectivity index (χ4v) is 5.40. The minimum Gasteiger partial charge on any atom is -0.350 e. The number of benzene rings is 2. The molecule has 1 fully saturated rings. The van der Waals surface area contributed by atoms with Crippen LogP contribution < -0.4 is 5.32 Å². The van der Waals surface area contributed by atoms with E-state index in [-0.39, 0.29) is 29.9 Å². The lowest BCUT2D eigenvalue weighted by Gasteiger charge is -2.26. The Bertz CT molecular complexity index is 1190. The van der Waals surface area contributed by atoms with Gasteiger partial charge in [-0.1, -0.05) is 68.4 Å². The molecule has 35 heavy (non-hydrogen) atoms. The largest absolute Gasteiger partial charge is 0.350 e. The molecule has 1 aliphatic rings. The molecule has 0 bridgehead atoms. The molecule has 6 nitrogen and oxygen atoms in total. The lowest BCUT2D eigenvalue weighted by molar-refractivity contribution is -0.141. The quantitative estimate of drug-likeness (QED) is 0.458. The summed E-state index contributed by atoms with van der Waals surface area (Å²) in [6, 6.07) is 16.6. The summed E-state index contributed by atoms with van der Waals surface area (Å²) in [6.45, 7) is 6.74. The summed E-state index contributed by atoms with van der Waals surface area (Å²) >= 11 is 1.61. The maximum Gasteiger partial charge on any atom is 0.243 e. The topological polar surface area (TPSA) is 79.4 Å². The first-order valence-electron chi connectivity index (χ1n) is 12.0. The molecule has 4 rings (SSSR count). The molecule has 2 amide bonds. The number of likely N-dealkylation sites (tertiary alicyclic amines) is 1. The number of aromatic nitrogens is 1. The van der Waals surface area contributed by atoms with Crippen molar-refractivity contribution in [2.75, 3.05) is 6.54 Å². The molecule has 2 aromatic carbocycles. The Morgan fingerprint density at radius 1 is 1.11 bits per heavy atom. The van der Waals surface area contributed by atoms with Gasteiger partial charge in [-0.2, -0.15) is 0 Å². The summed E-state index contributed by atoms with van der Waals surface area (Å²) in [5.74, 6) is -0.592. The molecule has 3 atom stereocenters. The van der Waals surface area contributed by atoms with E-state index in [4.69, 9.17) is 0 Å². The number of thiazole rings is 1. The van der Waals surface area contributed by atoms with Crippen molar-refractivity contribution in [2.24, 2.45) is 11.8 Å². The normalized spacial score (nSPS) is 18.3. The van der Waals surface area contributed by atoms with Crippen LogP contribution in [0.4, 0.5) is 0 Å². The fourth-order valence-electron chi connectivity index (χ4n) is 4.59. The van der Waals surface area contributed by atoms with Crippen LogP contribution in [0.3, 0.4) is 0 Å². The van der Waals surface area contributed by atoms with Gasteiger partial charge in [0.1, 0.15) is 6.04 Å². The Balaban J connectivity index is 1.35. The third kappa shape index (κ3) is 5.85. The van der Waals surface area contributed by atoms with Crippen molar-refractivity contribution in [3.05, 3.63) is 76.9 Å². The van der Waals surface area contributed by atoms with Crippen molar-refractivity contribution < 1.29 is 14.4 Å². The molecule has 3 aromatic rings. The van der Waals surface area contributed by atoms with Crippen LogP contribution in [0.2, 0.25) is 0 Å². The van der Waals surface area contributed by atoms with E-state index in [0.717, 1.165) is 21.7 Å². The van der Waals surface area contributed by atoms with Crippen LogP contribution >= 0.6 is 11.3 Å². The van der Waals surface area contributed by atoms with Crippen LogP contribution in [-0.4, -0.2) is 40.1 Å². The molecule has 2 heterocycles. The minimum absolute atomic E-state index is 0.0586. The van der Waals surface area contributed by atoms with Crippen molar-refractivity contribution >= 4 is 28.9 Å². The van der Waals surface area contributed by atoms with Gasteiger partial charge in [0.2, 0.25) is 11.8 Å². The standard InChI is InChI=1S/C28H31N3O3S/c1-18-13-24(31(16-18)28(34)19(2)14-25(32)22-7-5-4-6-8-22)27(33)29-15-21-9-11-23(12-10-21)26-20(3)30-17-35-26/h4-12,17-19,24H,13-16H2,1-3H3,(H,29,33). The van der Waals surface area contributed by atoms with E-state index in [2.05, 4.69) is 10.3 Å². The average molecular weight is 490 g/mol. The molecule has 0 spiro atoms. The summed E-state index contributed by atoms with van der Waals surface area (Å²) in [7, 11) is 0. The third-order valence-corrected chi connectivity index (χ3v) is 7.51. The first kappa shape index (κ1) is 24.8. The molecule has 1 N–H and O–H groups in total. The van der Waals surface area contributed by atoms with Crippen molar-refractivity contribution in [1.29, 1.82) is 0 Å². The summed E-state index contributed by atoms with van der Waals surface area (Å²) in [6.07, 6.45) is 0.758. The van der Waals surface area contributed by atoms with Gasteiger partial charge in [0, 0.05) is 31.0 Å². The minimum atomic E-state index is -0.508. The highest BCUT2D eigenvalue weighted by Gasteiger charge is 2.39. The van der Waals surface area contributed by atoms with Gasteiger partial charge >= 0.3 is 0 Å². The first-order valence-corrected chi connectivity index (χ1v) is 12.9. The van der Waals surface area contributed by atoms with Gasteiger partial charge in [0.25, 0.3) is 0 Å². The Morgan fingerprint density at radius 2 is 1.83 bits per heavy atom. The Hall–Kier alpha value is -3.32. The lowest BCUT2D eigenvalue weighted by atomic mass is 9.98. The summed E-state index contributed by atoms with van der Waals surface area (Å²) in [4.78, 5) is 46.0. The van der Waals surface area contributed by atoms with Crippen LogP contribution in [0.5, 0.6) is 0 Å². The van der Waals surface area contributed by atoms with Crippen molar-refractivity contribution in [3.63, 3.8) is 0 Å². The Labute approximate surface area is 210 Å². The lowest BCUT2D eigenvalue weighted by Crippen LogP contribution is -2.47. The number of nitrogens with one attached hydrogen (secondary N) is 1. The number of hydrogen-bond donors (Lipinski definition) is 1. The number of hydrogen-bond acceptors (Lipinski definition) is 5. The van der Waals surface area contributed by atoms with Crippen LogP contribution in [0.1, 0.15) is 48.3 Å². The van der Waals surface area contributed by atoms with E-state index in [0.29, 0.717) is 25.1 Å². The fraction of sp³-hybridized carbons (Fsp3) is 0.357. The summed E-state index contributed by atoms with van der Waals surface area (Å²) in [5, 5.41) is 3.01. The number of ketones is 1. The van der Waals surface area contributed by atoms with Crippen molar-refractivity contribution in [3.8, 4) is 10.4 Å². The van der Waals surface area contributed by atoms with Crippen LogP contribution in [0, 0.1) is 18.8 Å². The molecule has 7 heteroatoms. The van der Waals surface area contributed by atoms with E-state index in [1.54, 1.807) is 35.3 Å². The van der Waals surface area contributed by atoms with Crippen LogP contribution in [0.15, 0.2) is 60.1 Å². The second kappa shape index (κ2) is 11.0. The summed E-state index contributed by atoms with van der Waals surface area (Å²) in [5.41, 5.74) is 5.56. The van der Waals surface area contributed by atoms with Gasteiger partial charge in [-0.15, -0.1) is 11.3 Å². The number of rotatable bonds is 8. The number of carbonyl (C=O) groups excluding carboxylic acids is 3. The van der Waals surface area contributed by atoms with Crippen LogP contribution in [-0.2, 0) is 16.1 Å².